The van der Waals surface area contributed by atoms with Gasteiger partial charge < -0.3 is 24.8 Å². The Labute approximate surface area is 197 Å². The molecule has 3 N–H and O–H groups in total. The number of carboxylic acids is 2. The zero-order valence-electron chi connectivity index (χ0n) is 17.8. The Hall–Kier alpha value is -4.02. The fourth-order valence-electron chi connectivity index (χ4n) is 2.86. The van der Waals surface area contributed by atoms with Crippen molar-refractivity contribution in [1.82, 2.24) is 10.5 Å². The summed E-state index contributed by atoms with van der Waals surface area (Å²) in [7, 11) is 0. The highest BCUT2D eigenvalue weighted by Crippen LogP contribution is 2.33. The van der Waals surface area contributed by atoms with Crippen molar-refractivity contribution < 1.29 is 33.5 Å². The normalized spacial score (nSPS) is 10.7. The monoisotopic (exact) mass is 484 g/mol. The summed E-state index contributed by atoms with van der Waals surface area (Å²) in [5.41, 5.74) is 3.52. The molecule has 2 heterocycles. The van der Waals surface area contributed by atoms with Crippen molar-refractivity contribution >= 4 is 33.6 Å². The van der Waals surface area contributed by atoms with Crippen LogP contribution in [0.15, 0.2) is 76.7 Å². The number of hydrogen-bond acceptors (Lipinski definition) is 7. The molecular formula is C24H21FN2O6S. The Bertz CT molecular complexity index is 1270. The van der Waals surface area contributed by atoms with Crippen LogP contribution in [0.3, 0.4) is 0 Å². The van der Waals surface area contributed by atoms with Crippen LogP contribution in [0, 0.1) is 5.82 Å². The summed E-state index contributed by atoms with van der Waals surface area (Å²) in [5.74, 6) is -1.95. The highest BCUT2D eigenvalue weighted by Gasteiger charge is 2.12. The number of fused-ring (bicyclic) bond motifs is 1. The third-order valence-electron chi connectivity index (χ3n) is 4.32. The van der Waals surface area contributed by atoms with Gasteiger partial charge in [-0.1, -0.05) is 29.4 Å². The summed E-state index contributed by atoms with van der Waals surface area (Å²) in [5, 5.41) is 25.0. The SMILES string of the molecule is Fc1cccc(CNCCOc2cccc(-c3noc4ccsc34)c2)c1.O=C(O)C=CC(=O)O. The van der Waals surface area contributed by atoms with E-state index in [9.17, 15) is 14.0 Å². The van der Waals surface area contributed by atoms with Crippen molar-refractivity contribution in [2.45, 2.75) is 6.54 Å². The van der Waals surface area contributed by atoms with Gasteiger partial charge in [-0.15, -0.1) is 11.3 Å². The summed E-state index contributed by atoms with van der Waals surface area (Å²) < 4.78 is 25.3. The lowest BCUT2D eigenvalue weighted by Crippen LogP contribution is -2.20. The third kappa shape index (κ3) is 7.54. The number of aromatic nitrogens is 1. The minimum atomic E-state index is -1.26. The fraction of sp³-hybridized carbons (Fsp3) is 0.125. The number of carbonyl (C=O) groups is 2. The number of nitrogens with one attached hydrogen (secondary N) is 1. The molecule has 0 spiro atoms. The number of rotatable bonds is 9. The Kier molecular flexibility index (Phi) is 8.89. The molecule has 4 aromatic rings. The Morgan fingerprint density at radius 1 is 1.09 bits per heavy atom. The first-order valence-electron chi connectivity index (χ1n) is 10.1. The van der Waals surface area contributed by atoms with Crippen LogP contribution < -0.4 is 10.1 Å². The van der Waals surface area contributed by atoms with Crippen LogP contribution in [0.5, 0.6) is 5.75 Å². The van der Waals surface area contributed by atoms with Crippen molar-refractivity contribution in [3.63, 3.8) is 0 Å². The summed E-state index contributed by atoms with van der Waals surface area (Å²) >= 11 is 1.61. The molecule has 0 amide bonds. The van der Waals surface area contributed by atoms with Gasteiger partial charge >= 0.3 is 11.9 Å². The van der Waals surface area contributed by atoms with E-state index in [0.717, 1.165) is 32.9 Å². The van der Waals surface area contributed by atoms with Gasteiger partial charge in [0.2, 0.25) is 0 Å². The van der Waals surface area contributed by atoms with E-state index in [0.29, 0.717) is 31.8 Å². The highest BCUT2D eigenvalue weighted by molar-refractivity contribution is 7.17. The molecule has 176 valence electrons. The van der Waals surface area contributed by atoms with E-state index in [1.165, 1.54) is 12.1 Å². The minimum absolute atomic E-state index is 0.218. The Morgan fingerprint density at radius 3 is 2.59 bits per heavy atom. The van der Waals surface area contributed by atoms with E-state index >= 15 is 0 Å². The van der Waals surface area contributed by atoms with E-state index in [2.05, 4.69) is 10.5 Å². The molecule has 34 heavy (non-hydrogen) atoms. The first-order valence-corrected chi connectivity index (χ1v) is 11.0. The number of ether oxygens (including phenoxy) is 1. The zero-order valence-corrected chi connectivity index (χ0v) is 18.6. The molecule has 0 saturated heterocycles. The lowest BCUT2D eigenvalue weighted by Gasteiger charge is -2.08. The number of benzene rings is 2. The van der Waals surface area contributed by atoms with Crippen LogP contribution in [0.1, 0.15) is 5.56 Å². The number of halogens is 1. The van der Waals surface area contributed by atoms with Crippen LogP contribution in [-0.4, -0.2) is 40.5 Å². The predicted molar refractivity (Wildman–Crippen MR) is 125 cm³/mol. The molecule has 8 nitrogen and oxygen atoms in total. The van der Waals surface area contributed by atoms with Crippen molar-refractivity contribution in [2.75, 3.05) is 13.2 Å². The van der Waals surface area contributed by atoms with E-state index in [-0.39, 0.29) is 5.82 Å². The second kappa shape index (κ2) is 12.3. The van der Waals surface area contributed by atoms with Crippen molar-refractivity contribution in [2.24, 2.45) is 0 Å². The molecule has 0 aliphatic heterocycles. The van der Waals surface area contributed by atoms with Gasteiger partial charge in [-0.2, -0.15) is 0 Å². The molecule has 2 aromatic carbocycles. The molecule has 0 unspecified atom stereocenters. The second-order valence-electron chi connectivity index (χ2n) is 6.84. The summed E-state index contributed by atoms with van der Waals surface area (Å²) in [6.07, 6.45) is 1.12. The van der Waals surface area contributed by atoms with Gasteiger partial charge in [0.25, 0.3) is 0 Å². The van der Waals surface area contributed by atoms with Gasteiger partial charge in [0, 0.05) is 30.8 Å². The summed E-state index contributed by atoms with van der Waals surface area (Å²) in [6.45, 7) is 1.79. The van der Waals surface area contributed by atoms with Crippen LogP contribution in [0.4, 0.5) is 4.39 Å². The quantitative estimate of drug-likeness (QED) is 0.233. The zero-order chi connectivity index (χ0) is 24.3. The second-order valence-corrected chi connectivity index (χ2v) is 7.75. The van der Waals surface area contributed by atoms with Crippen LogP contribution in [0.25, 0.3) is 21.5 Å². The van der Waals surface area contributed by atoms with Crippen LogP contribution in [-0.2, 0) is 16.1 Å². The number of carboxylic acid groups (broad SMARTS) is 2. The van der Waals surface area contributed by atoms with E-state index in [1.807, 2.05) is 41.8 Å². The molecular weight excluding hydrogens is 463 g/mol. The van der Waals surface area contributed by atoms with Crippen LogP contribution in [0.2, 0.25) is 0 Å². The molecule has 10 heteroatoms. The largest absolute Gasteiger partial charge is 0.492 e. The Balaban J connectivity index is 0.000000350. The number of thiophene rings is 1. The van der Waals surface area contributed by atoms with Gasteiger partial charge in [-0.25, -0.2) is 14.0 Å². The minimum Gasteiger partial charge on any atom is -0.492 e. The smallest absolute Gasteiger partial charge is 0.328 e. The van der Waals surface area contributed by atoms with E-state index in [1.54, 1.807) is 17.4 Å². The van der Waals surface area contributed by atoms with Gasteiger partial charge in [-0.3, -0.25) is 0 Å². The predicted octanol–water partition coefficient (Wildman–Crippen LogP) is 4.58. The maximum atomic E-state index is 13.1. The topological polar surface area (TPSA) is 122 Å². The molecule has 0 atom stereocenters. The average molecular weight is 485 g/mol. The molecule has 0 saturated carbocycles. The standard InChI is InChI=1S/C20H17FN2O2S.C4H4O4/c21-16-5-1-3-14(11-16)13-22-8-9-24-17-6-2-4-15(12-17)19-20-18(25-23-19)7-10-26-20;5-3(6)1-2-4(7)8/h1-7,10-12,22H,8-9,13H2;1-2H,(H,5,6)(H,7,8). The molecule has 4 rings (SSSR count). The molecule has 0 aliphatic carbocycles. The summed E-state index contributed by atoms with van der Waals surface area (Å²) in [6, 6.07) is 16.3. The average Bonchev–Trinajstić information content (AvgIpc) is 3.42. The molecule has 0 radical (unpaired) electrons. The van der Waals surface area contributed by atoms with Crippen molar-refractivity contribution in [3.05, 3.63) is 83.5 Å². The van der Waals surface area contributed by atoms with E-state index < -0.39 is 11.9 Å². The fourth-order valence-corrected chi connectivity index (χ4v) is 3.67. The highest BCUT2D eigenvalue weighted by atomic mass is 32.1. The number of nitrogens with zero attached hydrogens (tertiary/aromatic N) is 1. The third-order valence-corrected chi connectivity index (χ3v) is 5.22. The van der Waals surface area contributed by atoms with Crippen molar-refractivity contribution in [3.8, 4) is 17.0 Å². The van der Waals surface area contributed by atoms with Gasteiger partial charge in [0.1, 0.15) is 28.6 Å². The van der Waals surface area contributed by atoms with E-state index in [4.69, 9.17) is 19.5 Å². The first-order chi connectivity index (χ1) is 16.4. The molecule has 2 aromatic heterocycles. The lowest BCUT2D eigenvalue weighted by atomic mass is 10.1. The summed E-state index contributed by atoms with van der Waals surface area (Å²) in [4.78, 5) is 19.1. The molecule has 0 fully saturated rings. The van der Waals surface area contributed by atoms with Crippen molar-refractivity contribution in [1.29, 1.82) is 0 Å². The first kappa shape index (κ1) is 24.6. The number of hydrogen-bond donors (Lipinski definition) is 3. The maximum absolute atomic E-state index is 13.1. The molecule has 0 bridgehead atoms. The van der Waals surface area contributed by atoms with Gasteiger partial charge in [0.15, 0.2) is 5.58 Å². The molecule has 0 aliphatic rings. The van der Waals surface area contributed by atoms with Gasteiger partial charge in [0.05, 0.1) is 0 Å². The lowest BCUT2D eigenvalue weighted by molar-refractivity contribution is -0.134. The maximum Gasteiger partial charge on any atom is 0.328 e. The van der Waals surface area contributed by atoms with Crippen LogP contribution >= 0.6 is 11.3 Å². The van der Waals surface area contributed by atoms with Gasteiger partial charge in [-0.05, 0) is 41.3 Å². The Morgan fingerprint density at radius 2 is 1.85 bits per heavy atom. The number of aliphatic carboxylic acids is 2.